The van der Waals surface area contributed by atoms with E-state index in [2.05, 4.69) is 28.2 Å². The van der Waals surface area contributed by atoms with Crippen LogP contribution in [0.3, 0.4) is 0 Å². The molecule has 214 valence electrons. The second kappa shape index (κ2) is 15.9. The third-order valence-corrected chi connectivity index (χ3v) is 7.87. The highest BCUT2D eigenvalue weighted by molar-refractivity contribution is 6.13. The molecular formula is C30H52N4O4+2. The van der Waals surface area contributed by atoms with E-state index in [1.165, 1.54) is 98.3 Å². The van der Waals surface area contributed by atoms with Gasteiger partial charge in [0.2, 0.25) is 0 Å². The first-order valence-electron chi connectivity index (χ1n) is 14.7. The van der Waals surface area contributed by atoms with E-state index < -0.39 is 0 Å². The highest BCUT2D eigenvalue weighted by Crippen LogP contribution is 2.14. The Bertz CT molecular complexity index is 756. The summed E-state index contributed by atoms with van der Waals surface area (Å²) in [7, 11) is 8.95. The molecule has 0 aromatic rings. The fraction of sp³-hybridized carbons (Fsp3) is 0.733. The molecule has 0 aliphatic carbocycles. The molecule has 0 saturated carbocycles. The minimum absolute atomic E-state index is 0.179. The lowest BCUT2D eigenvalue weighted by Crippen LogP contribution is -2.43. The maximum absolute atomic E-state index is 11.6. The second-order valence-corrected chi connectivity index (χ2v) is 12.3. The molecule has 0 N–H and O–H groups in total. The molecule has 2 aliphatic rings. The smallest absolute Gasteiger partial charge is 0.253 e. The number of carbonyl (C=O) groups is 4. The highest BCUT2D eigenvalue weighted by atomic mass is 16.2. The highest BCUT2D eigenvalue weighted by Gasteiger charge is 2.25. The van der Waals surface area contributed by atoms with Crippen molar-refractivity contribution < 1.29 is 28.1 Å². The summed E-state index contributed by atoms with van der Waals surface area (Å²) < 4.78 is 1.88. The molecule has 0 saturated heterocycles. The van der Waals surface area contributed by atoms with E-state index in [-0.39, 0.29) is 23.6 Å². The summed E-state index contributed by atoms with van der Waals surface area (Å²) in [5.74, 6) is -0.717. The molecule has 0 atom stereocenters. The number of rotatable bonds is 21. The molecule has 38 heavy (non-hydrogen) atoms. The lowest BCUT2D eigenvalue weighted by molar-refractivity contribution is -0.890. The summed E-state index contributed by atoms with van der Waals surface area (Å²) in [5.41, 5.74) is 0. The number of unbranched alkanes of at least 4 members (excludes halogenated alkanes) is 9. The van der Waals surface area contributed by atoms with Crippen molar-refractivity contribution in [2.24, 2.45) is 0 Å². The first-order valence-corrected chi connectivity index (χ1v) is 14.7. The third-order valence-electron chi connectivity index (χ3n) is 7.87. The van der Waals surface area contributed by atoms with Crippen molar-refractivity contribution >= 4 is 23.6 Å². The van der Waals surface area contributed by atoms with Gasteiger partial charge in [-0.3, -0.25) is 29.0 Å². The number of imide groups is 2. The summed E-state index contributed by atoms with van der Waals surface area (Å²) in [4.78, 5) is 49.2. The average Bonchev–Trinajstić information content (AvgIpc) is 3.34. The van der Waals surface area contributed by atoms with Gasteiger partial charge in [0, 0.05) is 50.2 Å². The maximum atomic E-state index is 11.6. The SMILES string of the molecule is C[N+](C)(CCCCCCCCCCCC[N+](C)(C)CCCN1C(=O)C=CC1=O)CCCN1C(=O)C=CC1=O. The average molecular weight is 533 g/mol. The predicted octanol–water partition coefficient (Wildman–Crippen LogP) is 3.67. The van der Waals surface area contributed by atoms with E-state index >= 15 is 0 Å². The monoisotopic (exact) mass is 532 g/mol. The van der Waals surface area contributed by atoms with Crippen LogP contribution in [0.5, 0.6) is 0 Å². The van der Waals surface area contributed by atoms with Gasteiger partial charge in [-0.05, 0) is 25.7 Å². The molecule has 0 radical (unpaired) electrons. The van der Waals surface area contributed by atoms with Gasteiger partial charge in [0.25, 0.3) is 23.6 Å². The molecule has 0 bridgehead atoms. The molecule has 0 aromatic heterocycles. The molecular weight excluding hydrogens is 480 g/mol. The Kier molecular flexibility index (Phi) is 13.4. The Labute approximate surface area is 230 Å². The van der Waals surface area contributed by atoms with E-state index in [1.807, 2.05) is 0 Å². The van der Waals surface area contributed by atoms with Gasteiger partial charge < -0.3 is 8.97 Å². The Morgan fingerprint density at radius 3 is 0.947 bits per heavy atom. The van der Waals surface area contributed by atoms with E-state index in [0.29, 0.717) is 13.1 Å². The fourth-order valence-corrected chi connectivity index (χ4v) is 5.33. The lowest BCUT2D eigenvalue weighted by atomic mass is 10.1. The molecule has 2 rings (SSSR count). The van der Waals surface area contributed by atoms with Crippen LogP contribution in [0.2, 0.25) is 0 Å². The summed E-state index contributed by atoms with van der Waals surface area (Å²) in [6.07, 6.45) is 20.1. The van der Waals surface area contributed by atoms with E-state index in [4.69, 9.17) is 0 Å². The molecule has 8 heteroatoms. The number of nitrogens with zero attached hydrogens (tertiary/aromatic N) is 4. The Morgan fingerprint density at radius 2 is 0.658 bits per heavy atom. The van der Waals surface area contributed by atoms with Crippen LogP contribution in [0, 0.1) is 0 Å². The van der Waals surface area contributed by atoms with E-state index in [0.717, 1.165) is 48.0 Å². The van der Waals surface area contributed by atoms with Crippen LogP contribution < -0.4 is 0 Å². The Morgan fingerprint density at radius 1 is 0.421 bits per heavy atom. The van der Waals surface area contributed by atoms with Gasteiger partial charge in [-0.15, -0.1) is 0 Å². The molecule has 2 aliphatic heterocycles. The quantitative estimate of drug-likeness (QED) is 0.128. The van der Waals surface area contributed by atoms with Crippen LogP contribution in [-0.4, -0.2) is 110 Å². The van der Waals surface area contributed by atoms with E-state index in [1.54, 1.807) is 0 Å². The van der Waals surface area contributed by atoms with Crippen molar-refractivity contribution in [3.8, 4) is 0 Å². The zero-order chi connectivity index (χ0) is 28.0. The van der Waals surface area contributed by atoms with Gasteiger partial charge in [-0.2, -0.15) is 0 Å². The summed E-state index contributed by atoms with van der Waals surface area (Å²) in [6, 6.07) is 0. The molecule has 8 nitrogen and oxygen atoms in total. The number of amides is 4. The topological polar surface area (TPSA) is 74.8 Å². The Hall–Kier alpha value is -2.32. The van der Waals surface area contributed by atoms with Gasteiger partial charge in [0.05, 0.1) is 54.4 Å². The fourth-order valence-electron chi connectivity index (χ4n) is 5.33. The van der Waals surface area contributed by atoms with Crippen LogP contribution in [-0.2, 0) is 19.2 Å². The summed E-state index contributed by atoms with van der Waals surface area (Å²) in [5, 5.41) is 0. The number of hydrogen-bond donors (Lipinski definition) is 0. The first-order chi connectivity index (χ1) is 18.0. The molecule has 2 heterocycles. The van der Waals surface area contributed by atoms with Crippen molar-refractivity contribution in [1.82, 2.24) is 9.80 Å². The summed E-state index contributed by atoms with van der Waals surface area (Å²) >= 11 is 0. The molecule has 0 aromatic carbocycles. The van der Waals surface area contributed by atoms with Crippen LogP contribution in [0.25, 0.3) is 0 Å². The third kappa shape index (κ3) is 12.0. The van der Waals surface area contributed by atoms with Crippen LogP contribution in [0.15, 0.2) is 24.3 Å². The van der Waals surface area contributed by atoms with Crippen molar-refractivity contribution in [2.45, 2.75) is 77.0 Å². The van der Waals surface area contributed by atoms with Crippen molar-refractivity contribution in [3.05, 3.63) is 24.3 Å². The van der Waals surface area contributed by atoms with Crippen molar-refractivity contribution in [3.63, 3.8) is 0 Å². The van der Waals surface area contributed by atoms with Crippen LogP contribution >= 0.6 is 0 Å². The molecule has 0 spiro atoms. The first kappa shape index (κ1) is 31.9. The number of hydrogen-bond acceptors (Lipinski definition) is 4. The molecule has 0 fully saturated rings. The minimum Gasteiger partial charge on any atom is -0.328 e. The van der Waals surface area contributed by atoms with Gasteiger partial charge in [0.1, 0.15) is 0 Å². The second-order valence-electron chi connectivity index (χ2n) is 12.3. The zero-order valence-corrected chi connectivity index (χ0v) is 24.5. The van der Waals surface area contributed by atoms with Crippen molar-refractivity contribution in [1.29, 1.82) is 0 Å². The van der Waals surface area contributed by atoms with Gasteiger partial charge in [-0.25, -0.2) is 0 Å². The van der Waals surface area contributed by atoms with Crippen molar-refractivity contribution in [2.75, 3.05) is 67.5 Å². The largest absolute Gasteiger partial charge is 0.328 e. The standard InChI is InChI=1S/C30H52N4O4/c1-33(2,25-15-21-31-27(35)17-18-28(31)36)23-13-11-9-7-5-6-8-10-12-14-24-34(3,4)26-16-22-32-29(37)19-20-30(32)38/h17-20H,5-16,21-26H2,1-4H3/q+2. The minimum atomic E-state index is -0.179. The zero-order valence-electron chi connectivity index (χ0n) is 24.5. The lowest BCUT2D eigenvalue weighted by Gasteiger charge is -2.30. The normalized spacial score (nSPS) is 16.1. The Balaban J connectivity index is 1.37. The summed E-state index contributed by atoms with van der Waals surface area (Å²) in [6.45, 7) is 5.28. The van der Waals surface area contributed by atoms with E-state index in [9.17, 15) is 19.2 Å². The van der Waals surface area contributed by atoms with Gasteiger partial charge in [0.15, 0.2) is 0 Å². The van der Waals surface area contributed by atoms with Crippen LogP contribution in [0.1, 0.15) is 77.0 Å². The number of carbonyl (C=O) groups excluding carboxylic acids is 4. The van der Waals surface area contributed by atoms with Crippen LogP contribution in [0.4, 0.5) is 0 Å². The predicted molar refractivity (Wildman–Crippen MR) is 151 cm³/mol. The van der Waals surface area contributed by atoms with Gasteiger partial charge >= 0.3 is 0 Å². The molecule has 4 amide bonds. The van der Waals surface area contributed by atoms with Gasteiger partial charge in [-0.1, -0.05) is 38.5 Å². The molecule has 0 unspecified atom stereocenters. The number of quaternary nitrogens is 2. The maximum Gasteiger partial charge on any atom is 0.253 e.